The van der Waals surface area contributed by atoms with E-state index in [4.69, 9.17) is 0 Å². The van der Waals surface area contributed by atoms with Gasteiger partial charge in [-0.15, -0.1) is 0 Å². The van der Waals surface area contributed by atoms with Crippen LogP contribution in [0.15, 0.2) is 0 Å². The minimum Gasteiger partial charge on any atom is -0.402 e. The van der Waals surface area contributed by atoms with Crippen LogP contribution in [0.1, 0.15) is 6.92 Å². The minimum absolute atomic E-state index is 0.736. The topological polar surface area (TPSA) is 55.4 Å². The van der Waals surface area contributed by atoms with Crippen LogP contribution in [0.4, 0.5) is 4.79 Å². The Balaban J connectivity index is 3.24. The highest BCUT2D eigenvalue weighted by molar-refractivity contribution is 5.56. The first-order chi connectivity index (χ1) is 3.66. The van der Waals surface area contributed by atoms with Crippen LogP contribution in [0.2, 0.25) is 0 Å². The average Bonchev–Trinajstić information content (AvgIpc) is 1.65. The highest BCUT2D eigenvalue weighted by atomic mass is 16.7. The van der Waals surface area contributed by atoms with E-state index in [-0.39, 0.29) is 0 Å². The molecule has 0 saturated heterocycles. The first-order valence-electron chi connectivity index (χ1n) is 2.07. The third-order valence-electron chi connectivity index (χ3n) is 0.594. The summed E-state index contributed by atoms with van der Waals surface area (Å²) in [7, 11) is 1.34. The van der Waals surface area contributed by atoms with Gasteiger partial charge in [-0.05, 0) is 6.92 Å². The Morgan fingerprint density at radius 3 is 2.25 bits per heavy atom. The lowest BCUT2D eigenvalue weighted by Crippen LogP contribution is -2.13. The number of carbonyl (C=O) groups excluding carboxylic acids is 1. The fraction of sp³-hybridized carbons (Fsp3) is 0.750. The Labute approximate surface area is 47.0 Å². The molecule has 0 aliphatic carbocycles. The highest BCUT2D eigenvalue weighted by Crippen LogP contribution is 1.89. The first kappa shape index (κ1) is 7.23. The van der Waals surface area contributed by atoms with Gasteiger partial charge >= 0.3 is 6.16 Å². The lowest BCUT2D eigenvalue weighted by atomic mass is 10.8. The van der Waals surface area contributed by atoms with Crippen LogP contribution < -0.4 is 0 Å². The summed E-state index contributed by atoms with van der Waals surface area (Å²) in [4.78, 5) is 9.56. The maximum Gasteiger partial charge on any atom is 0.552 e. The lowest BCUT2D eigenvalue weighted by Gasteiger charge is -2.04. The van der Waals surface area contributed by atoms with Gasteiger partial charge in [0.2, 0.25) is 6.29 Å². The van der Waals surface area contributed by atoms with Gasteiger partial charge in [0.25, 0.3) is 0 Å². The van der Waals surface area contributed by atoms with Crippen molar-refractivity contribution < 1.29 is 19.4 Å². The van der Waals surface area contributed by atoms with Gasteiger partial charge in [-0.2, -0.15) is 9.90 Å². The minimum atomic E-state index is -1.57. The Morgan fingerprint density at radius 2 is 2.12 bits per heavy atom. The molecule has 0 aromatic carbocycles. The molecule has 0 aromatic rings. The molecule has 4 nitrogen and oxygen atoms in total. The van der Waals surface area contributed by atoms with Crippen molar-refractivity contribution in [1.29, 1.82) is 0 Å². The molecule has 1 atom stereocenters. The Kier molecular flexibility index (Phi) is 2.95. The number of rotatable bonds is 2. The Bertz CT molecular complexity index is 80.1. The van der Waals surface area contributed by atoms with Gasteiger partial charge in [0.15, 0.2) is 0 Å². The maximum atomic E-state index is 9.56. The summed E-state index contributed by atoms with van der Waals surface area (Å²) < 4.78 is 8.40. The van der Waals surface area contributed by atoms with Crippen molar-refractivity contribution in [2.75, 3.05) is 7.11 Å². The number of methoxy groups -OCH3 is 1. The van der Waals surface area contributed by atoms with Crippen LogP contribution in [0.3, 0.4) is 0 Å². The van der Waals surface area contributed by atoms with E-state index in [1.807, 2.05) is 0 Å². The predicted octanol–water partition coefficient (Wildman–Crippen LogP) is 0.546. The molecule has 4 heteroatoms. The summed E-state index contributed by atoms with van der Waals surface area (Å²) in [5.41, 5.74) is 0. The van der Waals surface area contributed by atoms with Gasteiger partial charge in [-0.3, -0.25) is 0 Å². The van der Waals surface area contributed by atoms with Crippen LogP contribution in [0, 0.1) is 0 Å². The van der Waals surface area contributed by atoms with Crippen molar-refractivity contribution in [3.63, 3.8) is 0 Å². The van der Waals surface area contributed by atoms with Crippen molar-refractivity contribution in [2.45, 2.75) is 13.2 Å². The highest BCUT2D eigenvalue weighted by Gasteiger charge is 2.04. The van der Waals surface area contributed by atoms with E-state index in [0.717, 1.165) is 0 Å². The monoisotopic (exact) mass is 119 g/mol. The second kappa shape index (κ2) is 3.26. The van der Waals surface area contributed by atoms with E-state index >= 15 is 0 Å². The molecule has 0 bridgehead atoms. The smallest absolute Gasteiger partial charge is 0.402 e. The first-order valence-corrected chi connectivity index (χ1v) is 2.07. The number of hydrogen-bond acceptors (Lipinski definition) is 3. The van der Waals surface area contributed by atoms with E-state index in [1.54, 1.807) is 0 Å². The van der Waals surface area contributed by atoms with Crippen LogP contribution in [-0.2, 0) is 14.6 Å². The normalized spacial score (nSPS) is 12.8. The Morgan fingerprint density at radius 1 is 1.62 bits per heavy atom. The molecule has 1 radical (unpaired) electrons. The van der Waals surface area contributed by atoms with Crippen LogP contribution in [0.25, 0.3) is 0 Å². The molecule has 0 saturated carbocycles. The van der Waals surface area contributed by atoms with Crippen molar-refractivity contribution in [2.24, 2.45) is 0 Å². The largest absolute Gasteiger partial charge is 0.552 e. The fourth-order valence-electron chi connectivity index (χ4n) is 0.184. The van der Waals surface area contributed by atoms with Gasteiger partial charge in [0.1, 0.15) is 0 Å². The molecule has 0 amide bonds. The van der Waals surface area contributed by atoms with Gasteiger partial charge in [-0.1, -0.05) is 0 Å². The van der Waals surface area contributed by atoms with Crippen molar-refractivity contribution in [3.05, 3.63) is 0 Å². The maximum absolute atomic E-state index is 9.56. The van der Waals surface area contributed by atoms with Crippen LogP contribution >= 0.6 is 0 Å². The van der Waals surface area contributed by atoms with Gasteiger partial charge in [-0.25, -0.2) is 0 Å². The second-order valence-corrected chi connectivity index (χ2v) is 1.17. The van der Waals surface area contributed by atoms with Gasteiger partial charge in [0, 0.05) is 7.11 Å². The molecule has 1 unspecified atom stereocenters. The van der Waals surface area contributed by atoms with E-state index in [0.29, 0.717) is 0 Å². The molecule has 0 fully saturated rings. The summed E-state index contributed by atoms with van der Waals surface area (Å²) in [5.74, 6) is 0. The molecular weight excluding hydrogens is 112 g/mol. The van der Waals surface area contributed by atoms with Crippen molar-refractivity contribution in [1.82, 2.24) is 0 Å². The third-order valence-corrected chi connectivity index (χ3v) is 0.594. The number of ether oxygens (including phenoxy) is 2. The zero-order valence-corrected chi connectivity index (χ0v) is 4.71. The summed E-state index contributed by atoms with van der Waals surface area (Å²) in [6.07, 6.45) is -2.31. The quantitative estimate of drug-likeness (QED) is 0.394. The summed E-state index contributed by atoms with van der Waals surface area (Å²) in [6, 6.07) is 0. The molecule has 0 heterocycles. The molecule has 0 N–H and O–H groups in total. The van der Waals surface area contributed by atoms with Crippen molar-refractivity contribution >= 4 is 6.16 Å². The van der Waals surface area contributed by atoms with Gasteiger partial charge in [0.05, 0.1) is 0 Å². The zero-order valence-electron chi connectivity index (χ0n) is 4.71. The fourth-order valence-corrected chi connectivity index (χ4v) is 0.184. The predicted molar refractivity (Wildman–Crippen MR) is 23.6 cm³/mol. The number of carbonyl (C=O) groups is 1. The van der Waals surface area contributed by atoms with Gasteiger partial charge < -0.3 is 9.47 Å². The molecule has 0 aliphatic heterocycles. The number of hydrogen-bond donors (Lipinski definition) is 0. The standard InChI is InChI=1S/C4H7O4/c1-3(7-2)8-4(5)6/h3H,1-2H3. The molecule has 0 rings (SSSR count). The molecule has 0 spiro atoms. The third kappa shape index (κ3) is 3.42. The lowest BCUT2D eigenvalue weighted by molar-refractivity contribution is -0.0901. The molecule has 8 heavy (non-hydrogen) atoms. The molecular formula is C4H7O4. The molecule has 47 valence electrons. The Hall–Kier alpha value is -0.770. The van der Waals surface area contributed by atoms with E-state index < -0.39 is 12.4 Å². The molecule has 0 aromatic heterocycles. The average molecular weight is 119 g/mol. The van der Waals surface area contributed by atoms with E-state index in [2.05, 4.69) is 9.47 Å². The van der Waals surface area contributed by atoms with Crippen LogP contribution in [-0.4, -0.2) is 19.6 Å². The summed E-state index contributed by atoms with van der Waals surface area (Å²) in [6.45, 7) is 1.45. The summed E-state index contributed by atoms with van der Waals surface area (Å²) in [5, 5.41) is 9.56. The van der Waals surface area contributed by atoms with E-state index in [1.165, 1.54) is 14.0 Å². The second-order valence-electron chi connectivity index (χ2n) is 1.17. The molecule has 0 aliphatic rings. The SMILES string of the molecule is COC(C)OC([O])=O. The summed E-state index contributed by atoms with van der Waals surface area (Å²) >= 11 is 0. The zero-order chi connectivity index (χ0) is 6.57. The van der Waals surface area contributed by atoms with Crippen molar-refractivity contribution in [3.8, 4) is 0 Å². The van der Waals surface area contributed by atoms with Crippen LogP contribution in [0.5, 0.6) is 0 Å². The van der Waals surface area contributed by atoms with E-state index in [9.17, 15) is 9.90 Å².